The highest BCUT2D eigenvalue weighted by molar-refractivity contribution is 9.11. The number of halogens is 2. The van der Waals surface area contributed by atoms with Gasteiger partial charge in [0.15, 0.2) is 0 Å². The van der Waals surface area contributed by atoms with E-state index in [1.807, 2.05) is 0 Å². The highest BCUT2D eigenvalue weighted by atomic mass is 79.9. The maximum Gasteiger partial charge on any atom is 0.0609 e. The van der Waals surface area contributed by atoms with Gasteiger partial charge in [0.1, 0.15) is 0 Å². The number of H-pyrrole nitrogens is 1. The average molecular weight is 437 g/mol. The van der Waals surface area contributed by atoms with Crippen LogP contribution in [0.2, 0.25) is 0 Å². The molecule has 0 saturated carbocycles. The van der Waals surface area contributed by atoms with Crippen LogP contribution < -0.4 is 0 Å². The lowest BCUT2D eigenvalue weighted by Gasteiger charge is -2.20. The molecular formula is C20H23Br2N. The predicted octanol–water partition coefficient (Wildman–Crippen LogP) is 7.44. The van der Waals surface area contributed by atoms with Gasteiger partial charge in [0.05, 0.1) is 11.0 Å². The van der Waals surface area contributed by atoms with E-state index in [4.69, 9.17) is 0 Å². The lowest BCUT2D eigenvalue weighted by molar-refractivity contribution is 0.590. The molecule has 122 valence electrons. The first-order valence-corrected chi connectivity index (χ1v) is 9.52. The lowest BCUT2D eigenvalue weighted by Crippen LogP contribution is -2.11. The molecule has 0 aliphatic rings. The maximum absolute atomic E-state index is 3.75. The molecule has 3 rings (SSSR count). The van der Waals surface area contributed by atoms with E-state index in [1.54, 1.807) is 0 Å². The summed E-state index contributed by atoms with van der Waals surface area (Å²) in [7, 11) is 0. The van der Waals surface area contributed by atoms with Gasteiger partial charge in [-0.25, -0.2) is 0 Å². The van der Waals surface area contributed by atoms with E-state index in [0.29, 0.717) is 0 Å². The number of nitrogens with one attached hydrogen (secondary N) is 1. The highest BCUT2D eigenvalue weighted by Crippen LogP contribution is 2.39. The van der Waals surface area contributed by atoms with E-state index in [0.717, 1.165) is 8.95 Å². The molecule has 0 aliphatic carbocycles. The first-order valence-electron chi connectivity index (χ1n) is 7.94. The Bertz CT molecular complexity index is 831. The molecule has 0 unspecified atom stereocenters. The molecule has 23 heavy (non-hydrogen) atoms. The first kappa shape index (κ1) is 17.0. The van der Waals surface area contributed by atoms with Gasteiger partial charge in [0.25, 0.3) is 0 Å². The van der Waals surface area contributed by atoms with E-state index in [1.165, 1.54) is 32.9 Å². The Balaban J connectivity index is 2.44. The summed E-state index contributed by atoms with van der Waals surface area (Å²) < 4.78 is 2.25. The summed E-state index contributed by atoms with van der Waals surface area (Å²) in [5.74, 6) is 0. The van der Waals surface area contributed by atoms with Gasteiger partial charge in [0, 0.05) is 19.7 Å². The van der Waals surface area contributed by atoms with Crippen LogP contribution in [0.5, 0.6) is 0 Å². The van der Waals surface area contributed by atoms with Gasteiger partial charge >= 0.3 is 0 Å². The van der Waals surface area contributed by atoms with Gasteiger partial charge in [0.2, 0.25) is 0 Å². The zero-order chi connectivity index (χ0) is 17.2. The maximum atomic E-state index is 3.75. The molecule has 3 aromatic rings. The zero-order valence-electron chi connectivity index (χ0n) is 14.6. The third-order valence-corrected chi connectivity index (χ3v) is 5.70. The van der Waals surface area contributed by atoms with Crippen molar-refractivity contribution in [2.45, 2.75) is 52.4 Å². The minimum Gasteiger partial charge on any atom is -0.353 e. The summed E-state index contributed by atoms with van der Waals surface area (Å²) >= 11 is 7.51. The van der Waals surface area contributed by atoms with Crippen LogP contribution in [-0.2, 0) is 10.8 Å². The second kappa shape index (κ2) is 5.35. The fourth-order valence-corrected chi connectivity index (χ4v) is 4.00. The van der Waals surface area contributed by atoms with Crippen LogP contribution >= 0.6 is 31.9 Å². The van der Waals surface area contributed by atoms with Crippen molar-refractivity contribution in [2.24, 2.45) is 0 Å². The van der Waals surface area contributed by atoms with Gasteiger partial charge in [-0.1, -0.05) is 41.5 Å². The molecule has 1 nitrogen and oxygen atoms in total. The fourth-order valence-electron chi connectivity index (χ4n) is 2.88. The quantitative estimate of drug-likeness (QED) is 0.376. The van der Waals surface area contributed by atoms with Gasteiger partial charge in [-0.15, -0.1) is 0 Å². The van der Waals surface area contributed by atoms with Crippen molar-refractivity contribution >= 4 is 53.7 Å². The van der Waals surface area contributed by atoms with E-state index in [9.17, 15) is 0 Å². The Hall–Kier alpha value is -0.800. The van der Waals surface area contributed by atoms with Crippen LogP contribution in [0.3, 0.4) is 0 Å². The normalized spacial score (nSPS) is 13.2. The van der Waals surface area contributed by atoms with Gasteiger partial charge < -0.3 is 4.98 Å². The van der Waals surface area contributed by atoms with E-state index in [-0.39, 0.29) is 10.8 Å². The Morgan fingerprint density at radius 1 is 0.652 bits per heavy atom. The van der Waals surface area contributed by atoms with Crippen molar-refractivity contribution in [1.29, 1.82) is 0 Å². The number of fused-ring (bicyclic) bond motifs is 3. The summed E-state index contributed by atoms with van der Waals surface area (Å²) in [4.78, 5) is 3.58. The minimum atomic E-state index is 0.124. The van der Waals surface area contributed by atoms with Gasteiger partial charge in [-0.2, -0.15) is 0 Å². The Morgan fingerprint density at radius 2 is 1.00 bits per heavy atom. The van der Waals surface area contributed by atoms with Gasteiger partial charge in [-0.05, 0) is 78.1 Å². The molecule has 0 fully saturated rings. The predicted molar refractivity (Wildman–Crippen MR) is 109 cm³/mol. The SMILES string of the molecule is CC(C)(C)c1cc(Br)c2[nH]c3c(Br)cc(C(C)(C)C)cc3c2c1. The topological polar surface area (TPSA) is 15.8 Å². The number of hydrogen-bond donors (Lipinski definition) is 1. The number of aromatic amines is 1. The van der Waals surface area contributed by atoms with Crippen molar-refractivity contribution < 1.29 is 0 Å². The first-order chi connectivity index (χ1) is 10.5. The summed E-state index contributed by atoms with van der Waals surface area (Å²) in [6, 6.07) is 9.13. The third kappa shape index (κ3) is 2.98. The van der Waals surface area contributed by atoms with Crippen LogP contribution in [0.15, 0.2) is 33.2 Å². The Kier molecular flexibility index (Phi) is 3.97. The average Bonchev–Trinajstić information content (AvgIpc) is 2.77. The van der Waals surface area contributed by atoms with Crippen molar-refractivity contribution in [3.05, 3.63) is 44.3 Å². The summed E-state index contributed by atoms with van der Waals surface area (Å²) in [6.07, 6.45) is 0. The standard InChI is InChI=1S/C20H23Br2N/c1-19(2,3)11-7-13-14-8-12(20(4,5)6)10-16(22)18(14)23-17(13)15(21)9-11/h7-10,23H,1-6H3. The zero-order valence-corrected chi connectivity index (χ0v) is 17.7. The molecule has 1 aromatic heterocycles. The highest BCUT2D eigenvalue weighted by Gasteiger charge is 2.20. The van der Waals surface area contributed by atoms with E-state index in [2.05, 4.69) is 103 Å². The van der Waals surface area contributed by atoms with Crippen molar-refractivity contribution in [3.8, 4) is 0 Å². The molecule has 0 bridgehead atoms. The molecule has 0 radical (unpaired) electrons. The molecule has 2 aromatic carbocycles. The van der Waals surface area contributed by atoms with Crippen LogP contribution in [-0.4, -0.2) is 4.98 Å². The molecular weight excluding hydrogens is 414 g/mol. The van der Waals surface area contributed by atoms with Crippen LogP contribution in [0, 0.1) is 0 Å². The lowest BCUT2D eigenvalue weighted by atomic mass is 9.85. The molecule has 0 atom stereocenters. The number of aromatic nitrogens is 1. The Labute approximate surface area is 155 Å². The van der Waals surface area contributed by atoms with E-state index >= 15 is 0 Å². The number of benzene rings is 2. The van der Waals surface area contributed by atoms with Gasteiger partial charge in [-0.3, -0.25) is 0 Å². The molecule has 1 N–H and O–H groups in total. The van der Waals surface area contributed by atoms with Crippen LogP contribution in [0.1, 0.15) is 52.7 Å². The van der Waals surface area contributed by atoms with Crippen molar-refractivity contribution in [1.82, 2.24) is 4.98 Å². The largest absolute Gasteiger partial charge is 0.353 e. The number of hydrogen-bond acceptors (Lipinski definition) is 0. The monoisotopic (exact) mass is 435 g/mol. The van der Waals surface area contributed by atoms with Crippen LogP contribution in [0.25, 0.3) is 21.8 Å². The van der Waals surface area contributed by atoms with Crippen molar-refractivity contribution in [2.75, 3.05) is 0 Å². The number of rotatable bonds is 0. The summed E-state index contributed by atoms with van der Waals surface area (Å²) in [5, 5.41) is 2.57. The Morgan fingerprint density at radius 3 is 1.30 bits per heavy atom. The molecule has 0 spiro atoms. The second-order valence-electron chi connectivity index (χ2n) is 8.39. The van der Waals surface area contributed by atoms with Crippen molar-refractivity contribution in [3.63, 3.8) is 0 Å². The molecule has 0 aliphatic heterocycles. The summed E-state index contributed by atoms with van der Waals surface area (Å²) in [6.45, 7) is 13.5. The summed E-state index contributed by atoms with van der Waals surface area (Å²) in [5.41, 5.74) is 5.27. The van der Waals surface area contributed by atoms with E-state index < -0.39 is 0 Å². The molecule has 0 amide bonds. The van der Waals surface area contributed by atoms with Crippen LogP contribution in [0.4, 0.5) is 0 Å². The molecule has 0 saturated heterocycles. The minimum absolute atomic E-state index is 0.124. The third-order valence-electron chi connectivity index (χ3n) is 4.45. The fraction of sp³-hybridized carbons (Fsp3) is 0.400. The molecule has 1 heterocycles. The molecule has 3 heteroatoms. The second-order valence-corrected chi connectivity index (χ2v) is 10.1. The smallest absolute Gasteiger partial charge is 0.0609 e.